The second-order valence-corrected chi connectivity index (χ2v) is 11.0. The predicted octanol–water partition coefficient (Wildman–Crippen LogP) is 4.34. The normalized spacial score (nSPS) is 20.3. The summed E-state index contributed by atoms with van der Waals surface area (Å²) in [5.41, 5.74) is 0.297. The third-order valence-electron chi connectivity index (χ3n) is 4.84. The van der Waals surface area contributed by atoms with Crippen LogP contribution in [0.15, 0.2) is 24.3 Å². The average molecular weight is 372 g/mol. The first kappa shape index (κ1) is 19.9. The quantitative estimate of drug-likeness (QED) is 0.781. The van der Waals surface area contributed by atoms with E-state index in [0.717, 1.165) is 24.3 Å². The van der Waals surface area contributed by atoms with Crippen LogP contribution in [0.3, 0.4) is 0 Å². The molecule has 0 bridgehead atoms. The summed E-state index contributed by atoms with van der Waals surface area (Å²) in [6.45, 7) is 9.53. The highest BCUT2D eigenvalue weighted by Crippen LogP contribution is 2.48. The van der Waals surface area contributed by atoms with Crippen molar-refractivity contribution in [3.8, 4) is 0 Å². The van der Waals surface area contributed by atoms with Crippen LogP contribution in [0.5, 0.6) is 0 Å². The predicted molar refractivity (Wildman–Crippen MR) is 103 cm³/mol. The molecular formula is C19H30ClNO2S. The molecule has 0 radical (unpaired) electrons. The van der Waals surface area contributed by atoms with Crippen molar-refractivity contribution in [2.75, 3.05) is 0 Å². The van der Waals surface area contributed by atoms with Crippen LogP contribution in [0.4, 0.5) is 0 Å². The first-order valence-electron chi connectivity index (χ1n) is 8.61. The Bertz CT molecular complexity index is 583. The molecule has 24 heavy (non-hydrogen) atoms. The Kier molecular flexibility index (Phi) is 5.86. The van der Waals surface area contributed by atoms with Gasteiger partial charge in [-0.15, -0.1) is 0 Å². The van der Waals surface area contributed by atoms with E-state index in [4.69, 9.17) is 11.6 Å². The molecule has 2 rings (SSSR count). The summed E-state index contributed by atoms with van der Waals surface area (Å²) in [7, 11) is -1.18. The Morgan fingerprint density at radius 1 is 1.21 bits per heavy atom. The lowest BCUT2D eigenvalue weighted by atomic mass is 9.59. The van der Waals surface area contributed by atoms with E-state index in [0.29, 0.717) is 6.42 Å². The third-order valence-corrected chi connectivity index (χ3v) is 6.70. The lowest BCUT2D eigenvalue weighted by Gasteiger charge is -2.50. The van der Waals surface area contributed by atoms with Crippen molar-refractivity contribution >= 4 is 22.6 Å². The zero-order valence-corrected chi connectivity index (χ0v) is 16.9. The fourth-order valence-corrected chi connectivity index (χ4v) is 4.38. The smallest absolute Gasteiger partial charge is 0.0973 e. The van der Waals surface area contributed by atoms with Gasteiger partial charge in [-0.3, -0.25) is 0 Å². The van der Waals surface area contributed by atoms with Crippen molar-refractivity contribution in [1.82, 2.24) is 4.72 Å². The largest absolute Gasteiger partial charge is 0.390 e. The van der Waals surface area contributed by atoms with Crippen molar-refractivity contribution in [3.63, 3.8) is 0 Å². The van der Waals surface area contributed by atoms with Gasteiger partial charge in [-0.1, -0.05) is 30.2 Å². The van der Waals surface area contributed by atoms with Crippen molar-refractivity contribution in [2.45, 2.75) is 82.1 Å². The maximum atomic E-state index is 12.7. The van der Waals surface area contributed by atoms with Crippen LogP contribution in [-0.4, -0.2) is 25.7 Å². The van der Waals surface area contributed by atoms with Gasteiger partial charge in [0.2, 0.25) is 0 Å². The highest BCUT2D eigenvalue weighted by molar-refractivity contribution is 7.84. The van der Waals surface area contributed by atoms with E-state index in [-0.39, 0.29) is 16.2 Å². The summed E-state index contributed by atoms with van der Waals surface area (Å²) in [4.78, 5) is 0. The molecule has 0 aromatic heterocycles. The third kappa shape index (κ3) is 4.60. The number of hydrogen-bond donors (Lipinski definition) is 2. The summed E-state index contributed by atoms with van der Waals surface area (Å²) >= 11 is 6.05. The maximum Gasteiger partial charge on any atom is 0.0973 e. The van der Waals surface area contributed by atoms with Gasteiger partial charge in [0.1, 0.15) is 0 Å². The van der Waals surface area contributed by atoms with Crippen LogP contribution in [0.25, 0.3) is 0 Å². The molecule has 1 aromatic carbocycles. The number of benzene rings is 1. The van der Waals surface area contributed by atoms with E-state index in [1.54, 1.807) is 0 Å². The minimum absolute atomic E-state index is 0.0486. The number of rotatable bonds is 6. The zero-order valence-electron chi connectivity index (χ0n) is 15.4. The molecule has 136 valence electrons. The first-order valence-corrected chi connectivity index (χ1v) is 10.1. The van der Waals surface area contributed by atoms with Gasteiger partial charge in [0.15, 0.2) is 0 Å². The molecule has 3 nitrogen and oxygen atoms in total. The first-order chi connectivity index (χ1) is 10.9. The second-order valence-electron chi connectivity index (χ2n) is 8.58. The molecule has 0 heterocycles. The van der Waals surface area contributed by atoms with Gasteiger partial charge in [-0.05, 0) is 71.6 Å². The highest BCUT2D eigenvalue weighted by Gasteiger charge is 2.48. The van der Waals surface area contributed by atoms with E-state index in [1.807, 2.05) is 46.8 Å². The van der Waals surface area contributed by atoms with E-state index in [2.05, 4.69) is 16.9 Å². The fourth-order valence-electron chi connectivity index (χ4n) is 3.33. The molecule has 5 heteroatoms. The summed E-state index contributed by atoms with van der Waals surface area (Å²) < 4.78 is 15.7. The van der Waals surface area contributed by atoms with E-state index in [9.17, 15) is 9.32 Å². The SMILES string of the molecule is CC(C)(O)C[C@H](N[S@](=O)C(C)(C)C)C1(c2ccc(Cl)cc2)CCC1. The van der Waals surface area contributed by atoms with E-state index in [1.165, 1.54) is 5.56 Å². The number of aliphatic hydroxyl groups is 1. The monoisotopic (exact) mass is 371 g/mol. The van der Waals surface area contributed by atoms with Crippen molar-refractivity contribution < 1.29 is 9.32 Å². The van der Waals surface area contributed by atoms with Crippen molar-refractivity contribution in [1.29, 1.82) is 0 Å². The molecule has 1 fully saturated rings. The van der Waals surface area contributed by atoms with Gasteiger partial charge in [0.25, 0.3) is 0 Å². The Labute approximate surface area is 153 Å². The van der Waals surface area contributed by atoms with Gasteiger partial charge in [-0.25, -0.2) is 8.93 Å². The average Bonchev–Trinajstić information content (AvgIpc) is 2.36. The van der Waals surface area contributed by atoms with Crippen LogP contribution in [0, 0.1) is 0 Å². The molecule has 2 atom stereocenters. The van der Waals surface area contributed by atoms with Crippen LogP contribution in [0.1, 0.15) is 65.9 Å². The maximum absolute atomic E-state index is 12.7. The molecule has 0 aliphatic heterocycles. The van der Waals surface area contributed by atoms with Gasteiger partial charge >= 0.3 is 0 Å². The van der Waals surface area contributed by atoms with Gasteiger partial charge in [-0.2, -0.15) is 0 Å². The molecule has 0 unspecified atom stereocenters. The van der Waals surface area contributed by atoms with Crippen LogP contribution in [-0.2, 0) is 16.4 Å². The van der Waals surface area contributed by atoms with E-state index < -0.39 is 16.6 Å². The number of hydrogen-bond acceptors (Lipinski definition) is 2. The summed E-state index contributed by atoms with van der Waals surface area (Å²) in [5.74, 6) is 0. The molecular weight excluding hydrogens is 342 g/mol. The molecule has 0 saturated heterocycles. The molecule has 1 aromatic rings. The summed E-state index contributed by atoms with van der Waals surface area (Å²) in [6.07, 6.45) is 3.76. The van der Waals surface area contributed by atoms with Crippen LogP contribution >= 0.6 is 11.6 Å². The Morgan fingerprint density at radius 3 is 2.12 bits per heavy atom. The number of halogens is 1. The van der Waals surface area contributed by atoms with Crippen molar-refractivity contribution in [2.24, 2.45) is 0 Å². The molecule has 0 amide bonds. The number of nitrogens with one attached hydrogen (secondary N) is 1. The minimum Gasteiger partial charge on any atom is -0.390 e. The van der Waals surface area contributed by atoms with Gasteiger partial charge in [0.05, 0.1) is 21.3 Å². The molecule has 1 aliphatic carbocycles. The minimum atomic E-state index is -1.18. The molecule has 2 N–H and O–H groups in total. The van der Waals surface area contributed by atoms with E-state index >= 15 is 0 Å². The molecule has 1 aliphatic rings. The van der Waals surface area contributed by atoms with Crippen LogP contribution in [0.2, 0.25) is 5.02 Å². The molecule has 0 spiro atoms. The lowest BCUT2D eigenvalue weighted by Crippen LogP contribution is -2.57. The fraction of sp³-hybridized carbons (Fsp3) is 0.684. The summed E-state index contributed by atoms with van der Waals surface area (Å²) in [6, 6.07) is 7.92. The standard InChI is InChI=1S/C19H30ClNO2S/c1-17(2,3)24(23)21-16(13-18(4,5)22)19(11-6-12-19)14-7-9-15(20)10-8-14/h7-10,16,21-22H,6,11-13H2,1-5H3/t16-,24+/m0/s1. The van der Waals surface area contributed by atoms with Crippen molar-refractivity contribution in [3.05, 3.63) is 34.9 Å². The highest BCUT2D eigenvalue weighted by atomic mass is 35.5. The second kappa shape index (κ2) is 7.06. The Hall–Kier alpha value is -0.420. The topological polar surface area (TPSA) is 49.3 Å². The zero-order chi connectivity index (χ0) is 18.2. The van der Waals surface area contributed by atoms with Gasteiger partial charge in [0, 0.05) is 16.5 Å². The summed E-state index contributed by atoms with van der Waals surface area (Å²) in [5, 5.41) is 11.1. The lowest BCUT2D eigenvalue weighted by molar-refractivity contribution is 0.0375. The van der Waals surface area contributed by atoms with Gasteiger partial charge < -0.3 is 5.11 Å². The molecule has 1 saturated carbocycles. The Balaban J connectivity index is 2.36. The Morgan fingerprint density at radius 2 is 1.75 bits per heavy atom. The van der Waals surface area contributed by atoms with Crippen LogP contribution < -0.4 is 4.72 Å².